The molecule has 4 rings (SSSR count). The summed E-state index contributed by atoms with van der Waals surface area (Å²) in [7, 11) is 0. The summed E-state index contributed by atoms with van der Waals surface area (Å²) in [6.45, 7) is 10.7. The largest absolute Gasteiger partial charge is 0.350 e. The molecule has 1 aliphatic carbocycles. The zero-order valence-electron chi connectivity index (χ0n) is 20.4. The number of nitrogens with one attached hydrogen (secondary N) is 1. The van der Waals surface area contributed by atoms with Crippen molar-refractivity contribution < 1.29 is 9.59 Å². The molecule has 1 N–H and O–H groups in total. The van der Waals surface area contributed by atoms with Crippen LogP contribution in [0.1, 0.15) is 30.9 Å². The molecule has 0 aromatic heterocycles. The molecule has 1 saturated heterocycles. The maximum Gasteiger partial charge on any atom is 0.253 e. The van der Waals surface area contributed by atoms with E-state index in [1.165, 1.54) is 11.3 Å². The van der Waals surface area contributed by atoms with E-state index in [2.05, 4.69) is 57.3 Å². The molecule has 6 heteroatoms. The quantitative estimate of drug-likeness (QED) is 0.614. The molecular weight excluding hydrogens is 424 g/mol. The Balaban J connectivity index is 1.33. The van der Waals surface area contributed by atoms with Gasteiger partial charge in [-0.3, -0.25) is 14.5 Å². The second-order valence-corrected chi connectivity index (χ2v) is 9.49. The smallest absolute Gasteiger partial charge is 0.253 e. The maximum absolute atomic E-state index is 13.1. The number of rotatable bonds is 9. The number of benzene rings is 1. The monoisotopic (exact) mass is 460 g/mol. The van der Waals surface area contributed by atoms with Gasteiger partial charge in [-0.2, -0.15) is 0 Å². The molecule has 0 spiro atoms. The fraction of sp³-hybridized carbons (Fsp3) is 0.429. The van der Waals surface area contributed by atoms with Crippen LogP contribution in [0.2, 0.25) is 0 Å². The highest BCUT2D eigenvalue weighted by atomic mass is 16.1. The SMILES string of the molecule is CC(=O)CN1CCN(CCCN2C=C(C(=O)NCc3cccc(C)c3)C3=CC=CC=C2C3)CC1. The van der Waals surface area contributed by atoms with Gasteiger partial charge in [0.2, 0.25) is 0 Å². The summed E-state index contributed by atoms with van der Waals surface area (Å²) in [4.78, 5) is 31.4. The highest BCUT2D eigenvalue weighted by Gasteiger charge is 2.25. The zero-order valence-corrected chi connectivity index (χ0v) is 20.4. The topological polar surface area (TPSA) is 55.9 Å². The highest BCUT2D eigenvalue weighted by Crippen LogP contribution is 2.31. The van der Waals surface area contributed by atoms with Crippen LogP contribution in [0, 0.1) is 6.92 Å². The Morgan fingerprint density at radius 1 is 1.00 bits per heavy atom. The first-order valence-corrected chi connectivity index (χ1v) is 12.3. The minimum Gasteiger partial charge on any atom is -0.350 e. The number of Topliss-reactive ketones (excluding diaryl/α,β-unsaturated/α-hetero) is 1. The lowest BCUT2D eigenvalue weighted by Crippen LogP contribution is -2.48. The molecule has 0 radical (unpaired) electrons. The van der Waals surface area contributed by atoms with Crippen molar-refractivity contribution in [3.63, 3.8) is 0 Å². The van der Waals surface area contributed by atoms with Gasteiger partial charge in [-0.05, 0) is 44.0 Å². The van der Waals surface area contributed by atoms with Crippen LogP contribution in [0.5, 0.6) is 0 Å². The number of ketones is 1. The molecule has 2 heterocycles. The number of fused-ring (bicyclic) bond motifs is 2. The maximum atomic E-state index is 13.1. The number of carbonyl (C=O) groups excluding carboxylic acids is 2. The van der Waals surface area contributed by atoms with Crippen molar-refractivity contribution in [2.24, 2.45) is 0 Å². The second-order valence-electron chi connectivity index (χ2n) is 9.49. The van der Waals surface area contributed by atoms with E-state index < -0.39 is 0 Å². The van der Waals surface area contributed by atoms with E-state index in [0.717, 1.165) is 68.8 Å². The van der Waals surface area contributed by atoms with Gasteiger partial charge >= 0.3 is 0 Å². The molecule has 3 aliphatic rings. The number of nitrogens with zero attached hydrogens (tertiary/aromatic N) is 3. The first kappa shape index (κ1) is 24.2. The van der Waals surface area contributed by atoms with Crippen LogP contribution in [0.25, 0.3) is 0 Å². The van der Waals surface area contributed by atoms with E-state index >= 15 is 0 Å². The summed E-state index contributed by atoms with van der Waals surface area (Å²) in [6, 6.07) is 8.24. The van der Waals surface area contributed by atoms with E-state index in [9.17, 15) is 9.59 Å². The third-order valence-electron chi connectivity index (χ3n) is 6.63. The summed E-state index contributed by atoms with van der Waals surface area (Å²) >= 11 is 0. The molecule has 1 fully saturated rings. The van der Waals surface area contributed by atoms with Crippen LogP contribution in [0.3, 0.4) is 0 Å². The molecular formula is C28H36N4O2. The van der Waals surface area contributed by atoms with Crippen molar-refractivity contribution >= 4 is 11.7 Å². The van der Waals surface area contributed by atoms with Crippen molar-refractivity contribution in [2.45, 2.75) is 33.2 Å². The van der Waals surface area contributed by atoms with Crippen LogP contribution in [-0.4, -0.2) is 72.2 Å². The Morgan fingerprint density at radius 2 is 1.76 bits per heavy atom. The van der Waals surface area contributed by atoms with Crippen molar-refractivity contribution in [1.82, 2.24) is 20.0 Å². The number of allylic oxidation sites excluding steroid dienone is 5. The summed E-state index contributed by atoms with van der Waals surface area (Å²) in [6.07, 6.45) is 12.1. The van der Waals surface area contributed by atoms with Crippen LogP contribution in [0.4, 0.5) is 0 Å². The number of hydrogen-bond donors (Lipinski definition) is 1. The van der Waals surface area contributed by atoms with Crippen LogP contribution in [0.15, 0.2) is 71.6 Å². The van der Waals surface area contributed by atoms with E-state index in [0.29, 0.717) is 13.1 Å². The van der Waals surface area contributed by atoms with Crippen LogP contribution in [-0.2, 0) is 16.1 Å². The summed E-state index contributed by atoms with van der Waals surface area (Å²) in [5, 5.41) is 3.11. The van der Waals surface area contributed by atoms with E-state index in [1.54, 1.807) is 6.92 Å². The van der Waals surface area contributed by atoms with Gasteiger partial charge in [0.25, 0.3) is 5.91 Å². The standard InChI is InChI=1S/C28H36N4O2/c1-22-7-5-8-24(17-22)19-29-28(34)27-21-32(26-10-4-3-9-25(27)18-26)12-6-11-30-13-15-31(16-14-30)20-23(2)33/h3-5,7-10,17,21H,6,11-16,18-20H2,1-2H3,(H,29,34). The lowest BCUT2D eigenvalue weighted by Gasteiger charge is -2.35. The fourth-order valence-electron chi connectivity index (χ4n) is 4.82. The van der Waals surface area contributed by atoms with Gasteiger partial charge in [0.1, 0.15) is 5.78 Å². The molecule has 0 saturated carbocycles. The summed E-state index contributed by atoms with van der Waals surface area (Å²) in [5.41, 5.74) is 5.37. The molecule has 0 unspecified atom stereocenters. The zero-order chi connectivity index (χ0) is 23.9. The third kappa shape index (κ3) is 6.55. The Bertz CT molecular complexity index is 1030. The lowest BCUT2D eigenvalue weighted by atomic mass is 9.96. The van der Waals surface area contributed by atoms with E-state index in [1.807, 2.05) is 24.4 Å². The number of amides is 1. The lowest BCUT2D eigenvalue weighted by molar-refractivity contribution is -0.119. The summed E-state index contributed by atoms with van der Waals surface area (Å²) in [5.74, 6) is 0.219. The minimum absolute atomic E-state index is 0.0197. The van der Waals surface area contributed by atoms with Gasteiger partial charge in [-0.25, -0.2) is 0 Å². The van der Waals surface area contributed by atoms with E-state index in [-0.39, 0.29) is 11.7 Å². The molecule has 1 amide bonds. The Hall–Kier alpha value is -2.96. The molecule has 0 atom stereocenters. The second kappa shape index (κ2) is 11.4. The van der Waals surface area contributed by atoms with Crippen molar-refractivity contribution in [3.05, 3.63) is 82.7 Å². The summed E-state index contributed by atoms with van der Waals surface area (Å²) < 4.78 is 0. The number of carbonyl (C=O) groups is 2. The first-order chi connectivity index (χ1) is 16.5. The van der Waals surface area contributed by atoms with Crippen molar-refractivity contribution in [1.29, 1.82) is 0 Å². The molecule has 6 nitrogen and oxygen atoms in total. The normalized spacial score (nSPS) is 18.6. The van der Waals surface area contributed by atoms with Crippen LogP contribution >= 0.6 is 0 Å². The average molecular weight is 461 g/mol. The fourth-order valence-corrected chi connectivity index (χ4v) is 4.82. The number of hydrogen-bond acceptors (Lipinski definition) is 5. The Labute approximate surface area is 203 Å². The van der Waals surface area contributed by atoms with Gasteiger partial charge in [-0.1, -0.05) is 48.1 Å². The van der Waals surface area contributed by atoms with E-state index in [4.69, 9.17) is 0 Å². The van der Waals surface area contributed by atoms with Crippen LogP contribution < -0.4 is 5.32 Å². The average Bonchev–Trinajstić information content (AvgIpc) is 3.03. The number of aryl methyl sites for hydroxylation is 1. The Morgan fingerprint density at radius 3 is 2.53 bits per heavy atom. The molecule has 1 aromatic rings. The van der Waals surface area contributed by atoms with Crippen molar-refractivity contribution in [3.8, 4) is 0 Å². The van der Waals surface area contributed by atoms with Gasteiger partial charge in [-0.15, -0.1) is 0 Å². The van der Waals surface area contributed by atoms with Gasteiger partial charge in [0.05, 0.1) is 12.1 Å². The number of piperazine rings is 1. The molecule has 2 aliphatic heterocycles. The molecule has 180 valence electrons. The predicted octanol–water partition coefficient (Wildman–Crippen LogP) is 3.18. The minimum atomic E-state index is -0.0197. The highest BCUT2D eigenvalue weighted by molar-refractivity contribution is 5.98. The van der Waals surface area contributed by atoms with Crippen molar-refractivity contribution in [2.75, 3.05) is 45.8 Å². The third-order valence-corrected chi connectivity index (χ3v) is 6.63. The molecule has 34 heavy (non-hydrogen) atoms. The Kier molecular flexibility index (Phi) is 8.14. The first-order valence-electron chi connectivity index (χ1n) is 12.3. The van der Waals surface area contributed by atoms with Gasteiger partial charge in [0.15, 0.2) is 0 Å². The van der Waals surface area contributed by atoms with Gasteiger partial charge in [0, 0.05) is 57.6 Å². The molecule has 2 bridgehead atoms. The molecule has 1 aromatic carbocycles. The van der Waals surface area contributed by atoms with Gasteiger partial charge < -0.3 is 15.1 Å². The predicted molar refractivity (Wildman–Crippen MR) is 136 cm³/mol.